The molecular weight excluding hydrogens is 323 g/mol. The average molecular weight is 342 g/mol. The number of benzene rings is 2. The molecule has 0 radical (unpaired) electrons. The van der Waals surface area contributed by atoms with Gasteiger partial charge in [-0.2, -0.15) is 5.10 Å². The number of aromatic amines is 1. The number of urea groups is 1. The second kappa shape index (κ2) is 7.65. The van der Waals surface area contributed by atoms with Crippen molar-refractivity contribution in [3.63, 3.8) is 0 Å². The molecule has 0 aliphatic carbocycles. The van der Waals surface area contributed by atoms with Gasteiger partial charge in [-0.1, -0.05) is 17.7 Å². The number of alkyl halides is 1. The van der Waals surface area contributed by atoms with E-state index in [-0.39, 0.29) is 6.03 Å². The molecule has 1 heterocycles. The minimum absolute atomic E-state index is 0.302. The first-order chi connectivity index (χ1) is 12.2. The highest BCUT2D eigenvalue weighted by molar-refractivity contribution is 6.04. The summed E-state index contributed by atoms with van der Waals surface area (Å²) in [5.74, 6) is 1.000. The van der Waals surface area contributed by atoms with Gasteiger partial charge < -0.3 is 10.1 Å². The molecule has 2 aromatic carbocycles. The second-order valence-corrected chi connectivity index (χ2v) is 5.62. The Morgan fingerprint density at radius 1 is 1.20 bits per heavy atom. The van der Waals surface area contributed by atoms with Gasteiger partial charge in [-0.25, -0.2) is 4.79 Å². The van der Waals surface area contributed by atoms with E-state index in [1.807, 2.05) is 31.2 Å². The van der Waals surface area contributed by atoms with Gasteiger partial charge in [0.05, 0.1) is 18.8 Å². The van der Waals surface area contributed by atoms with Crippen molar-refractivity contribution in [2.45, 2.75) is 13.3 Å². The van der Waals surface area contributed by atoms with Crippen LogP contribution in [0.2, 0.25) is 0 Å². The maximum Gasteiger partial charge on any atom is 0.324 e. The van der Waals surface area contributed by atoms with E-state index < -0.39 is 6.67 Å². The summed E-state index contributed by atoms with van der Waals surface area (Å²) in [6.45, 7) is 1.86. The summed E-state index contributed by atoms with van der Waals surface area (Å²) in [4.78, 5) is 12.2. The predicted molar refractivity (Wildman–Crippen MR) is 96.0 cm³/mol. The zero-order chi connectivity index (χ0) is 17.6. The lowest BCUT2D eigenvalue weighted by molar-refractivity contribution is 0.262. The number of nitrogens with zero attached hydrogens (tertiary/aromatic N) is 1. The molecule has 0 aliphatic rings. The van der Waals surface area contributed by atoms with Crippen LogP contribution in [-0.2, 0) is 0 Å². The summed E-state index contributed by atoms with van der Waals surface area (Å²) in [7, 11) is 0. The molecule has 3 N–H and O–H groups in total. The number of H-pyrrole nitrogens is 1. The molecule has 0 bridgehead atoms. The Hall–Kier alpha value is -3.09. The zero-order valence-electron chi connectivity index (χ0n) is 13.8. The first kappa shape index (κ1) is 16.8. The molecule has 0 saturated heterocycles. The van der Waals surface area contributed by atoms with Crippen molar-refractivity contribution in [3.8, 4) is 5.75 Å². The van der Waals surface area contributed by atoms with E-state index in [9.17, 15) is 9.18 Å². The van der Waals surface area contributed by atoms with Crippen LogP contribution < -0.4 is 15.4 Å². The molecule has 0 atom stereocenters. The summed E-state index contributed by atoms with van der Waals surface area (Å²) in [5, 5.41) is 13.2. The van der Waals surface area contributed by atoms with E-state index in [1.54, 1.807) is 18.2 Å². The average Bonchev–Trinajstić information content (AvgIpc) is 2.99. The molecule has 0 fully saturated rings. The number of aromatic nitrogens is 2. The van der Waals surface area contributed by atoms with Gasteiger partial charge in [0.1, 0.15) is 5.75 Å². The van der Waals surface area contributed by atoms with Crippen molar-refractivity contribution in [2.75, 3.05) is 23.9 Å². The number of carbonyl (C=O) groups is 1. The number of fused-ring (bicyclic) bond motifs is 1. The third kappa shape index (κ3) is 4.26. The van der Waals surface area contributed by atoms with Gasteiger partial charge in [-0.15, -0.1) is 0 Å². The Kier molecular flexibility index (Phi) is 5.13. The fourth-order valence-electron chi connectivity index (χ4n) is 2.33. The van der Waals surface area contributed by atoms with Gasteiger partial charge in [0.2, 0.25) is 0 Å². The summed E-state index contributed by atoms with van der Waals surface area (Å²) in [5.41, 5.74) is 2.58. The molecular formula is C18H19FN4O2. The third-order valence-corrected chi connectivity index (χ3v) is 3.62. The molecule has 0 unspecified atom stereocenters. The van der Waals surface area contributed by atoms with Gasteiger partial charge >= 0.3 is 6.03 Å². The standard InChI is InChI=1S/C18H19FN4O2/c1-12-3-5-13(6-4-12)20-18(24)21-17-15-11-14(25-10-2-9-19)7-8-16(15)22-23-17/h3-8,11H,2,9-10H2,1H3,(H3,20,21,22,23,24). The van der Waals surface area contributed by atoms with Crippen molar-refractivity contribution in [3.05, 3.63) is 48.0 Å². The summed E-state index contributed by atoms with van der Waals surface area (Å²) < 4.78 is 17.6. The van der Waals surface area contributed by atoms with E-state index >= 15 is 0 Å². The minimum Gasteiger partial charge on any atom is -0.493 e. The lowest BCUT2D eigenvalue weighted by atomic mass is 10.2. The van der Waals surface area contributed by atoms with Crippen LogP contribution in [0.5, 0.6) is 5.75 Å². The molecule has 7 heteroatoms. The van der Waals surface area contributed by atoms with Gasteiger partial charge in [0, 0.05) is 17.5 Å². The highest BCUT2D eigenvalue weighted by Crippen LogP contribution is 2.25. The van der Waals surface area contributed by atoms with Crippen molar-refractivity contribution in [1.82, 2.24) is 10.2 Å². The molecule has 130 valence electrons. The molecule has 0 aliphatic heterocycles. The van der Waals surface area contributed by atoms with E-state index in [0.29, 0.717) is 30.3 Å². The van der Waals surface area contributed by atoms with Crippen molar-refractivity contribution in [2.24, 2.45) is 0 Å². The molecule has 3 aromatic rings. The Labute approximate surface area is 144 Å². The maximum absolute atomic E-state index is 12.2. The number of carbonyl (C=O) groups excluding carboxylic acids is 1. The second-order valence-electron chi connectivity index (χ2n) is 5.62. The van der Waals surface area contributed by atoms with Crippen LogP contribution >= 0.6 is 0 Å². The van der Waals surface area contributed by atoms with Crippen LogP contribution in [0.1, 0.15) is 12.0 Å². The van der Waals surface area contributed by atoms with Crippen LogP contribution in [0.15, 0.2) is 42.5 Å². The topological polar surface area (TPSA) is 79.0 Å². The normalized spacial score (nSPS) is 10.6. The van der Waals surface area contributed by atoms with Gasteiger partial charge in [0.15, 0.2) is 5.82 Å². The van der Waals surface area contributed by atoms with Gasteiger partial charge in [-0.3, -0.25) is 14.8 Å². The van der Waals surface area contributed by atoms with Crippen LogP contribution in [0.3, 0.4) is 0 Å². The Balaban J connectivity index is 1.70. The largest absolute Gasteiger partial charge is 0.493 e. The minimum atomic E-state index is -0.417. The van der Waals surface area contributed by atoms with E-state index in [1.165, 1.54) is 0 Å². The number of aryl methyl sites for hydroxylation is 1. The molecule has 25 heavy (non-hydrogen) atoms. The van der Waals surface area contributed by atoms with E-state index in [2.05, 4.69) is 20.8 Å². The van der Waals surface area contributed by atoms with Gasteiger partial charge in [-0.05, 0) is 37.3 Å². The Morgan fingerprint density at radius 3 is 2.76 bits per heavy atom. The summed E-state index contributed by atoms with van der Waals surface area (Å²) >= 11 is 0. The fraction of sp³-hybridized carbons (Fsp3) is 0.222. The molecule has 0 saturated carbocycles. The first-order valence-electron chi connectivity index (χ1n) is 7.97. The number of halogens is 1. The van der Waals surface area contributed by atoms with Crippen LogP contribution in [0.4, 0.5) is 20.7 Å². The van der Waals surface area contributed by atoms with Gasteiger partial charge in [0.25, 0.3) is 0 Å². The number of hydrogen-bond acceptors (Lipinski definition) is 3. The monoisotopic (exact) mass is 342 g/mol. The molecule has 6 nitrogen and oxygen atoms in total. The number of amides is 2. The molecule has 1 aromatic heterocycles. The van der Waals surface area contributed by atoms with Crippen LogP contribution in [-0.4, -0.2) is 29.5 Å². The molecule has 3 rings (SSSR count). The van der Waals surface area contributed by atoms with E-state index in [4.69, 9.17) is 4.74 Å². The zero-order valence-corrected chi connectivity index (χ0v) is 13.8. The number of ether oxygens (including phenoxy) is 1. The number of hydrogen-bond donors (Lipinski definition) is 3. The summed E-state index contributed by atoms with van der Waals surface area (Å²) in [6.07, 6.45) is 0.341. The van der Waals surface area contributed by atoms with Crippen molar-refractivity contribution >= 4 is 28.4 Å². The highest BCUT2D eigenvalue weighted by Gasteiger charge is 2.10. The number of nitrogens with one attached hydrogen (secondary N) is 3. The highest BCUT2D eigenvalue weighted by atomic mass is 19.1. The SMILES string of the molecule is Cc1ccc(NC(=O)Nc2n[nH]c3ccc(OCCCF)cc23)cc1. The fourth-order valence-corrected chi connectivity index (χ4v) is 2.33. The maximum atomic E-state index is 12.2. The molecule has 2 amide bonds. The Bertz CT molecular complexity index is 861. The smallest absolute Gasteiger partial charge is 0.324 e. The van der Waals surface area contributed by atoms with Crippen molar-refractivity contribution < 1.29 is 13.9 Å². The number of anilines is 2. The summed E-state index contributed by atoms with van der Waals surface area (Å²) in [6, 6.07) is 12.4. The van der Waals surface area contributed by atoms with Crippen LogP contribution in [0.25, 0.3) is 10.9 Å². The first-order valence-corrected chi connectivity index (χ1v) is 7.97. The third-order valence-electron chi connectivity index (χ3n) is 3.62. The Morgan fingerprint density at radius 2 is 2.00 bits per heavy atom. The lowest BCUT2D eigenvalue weighted by Gasteiger charge is -2.07. The lowest BCUT2D eigenvalue weighted by Crippen LogP contribution is -2.19. The quantitative estimate of drug-likeness (QED) is 0.586. The van der Waals surface area contributed by atoms with Crippen LogP contribution in [0, 0.1) is 6.92 Å². The predicted octanol–water partition coefficient (Wildman–Crippen LogP) is 4.25. The van der Waals surface area contributed by atoms with Crippen molar-refractivity contribution in [1.29, 1.82) is 0 Å². The number of rotatable bonds is 6. The molecule has 0 spiro atoms. The van der Waals surface area contributed by atoms with E-state index in [0.717, 1.165) is 16.5 Å².